The van der Waals surface area contributed by atoms with Crippen molar-refractivity contribution >= 4 is 5.91 Å². The lowest BCUT2D eigenvalue weighted by molar-refractivity contribution is -0.145. The summed E-state index contributed by atoms with van der Waals surface area (Å²) in [6.45, 7) is 12.9. The van der Waals surface area contributed by atoms with Crippen molar-refractivity contribution in [2.45, 2.75) is 46.1 Å². The number of hydrogen-bond donors (Lipinski definition) is 0. The first-order valence-electron chi connectivity index (χ1n) is 9.39. The molecule has 0 bridgehead atoms. The molecular weight excluding hydrogens is 320 g/mol. The third-order valence-electron chi connectivity index (χ3n) is 4.89. The van der Waals surface area contributed by atoms with Gasteiger partial charge in [0.25, 0.3) is 0 Å². The molecule has 3 rings (SSSR count). The molecule has 0 aromatic carbocycles. The molecule has 1 aromatic heterocycles. The van der Waals surface area contributed by atoms with E-state index in [-0.39, 0.29) is 23.8 Å². The Morgan fingerprint density at radius 3 is 2.72 bits per heavy atom. The molecule has 0 N–H and O–H groups in total. The third kappa shape index (κ3) is 4.20. The lowest BCUT2D eigenvalue weighted by Crippen LogP contribution is -2.46. The highest BCUT2D eigenvalue weighted by Gasteiger charge is 2.38. The third-order valence-corrected chi connectivity index (χ3v) is 4.89. The normalized spacial score (nSPS) is 25.3. The Kier molecular flexibility index (Phi) is 5.74. The van der Waals surface area contributed by atoms with Crippen LogP contribution >= 0.6 is 0 Å². The Bertz CT molecular complexity index is 587. The fourth-order valence-corrected chi connectivity index (χ4v) is 3.64. The van der Waals surface area contributed by atoms with Crippen molar-refractivity contribution in [2.24, 2.45) is 11.8 Å². The van der Waals surface area contributed by atoms with Gasteiger partial charge in [-0.25, -0.2) is 0 Å². The van der Waals surface area contributed by atoms with E-state index in [9.17, 15) is 4.79 Å². The van der Waals surface area contributed by atoms with Gasteiger partial charge in [0, 0.05) is 25.6 Å². The highest BCUT2D eigenvalue weighted by atomic mass is 16.5. The molecule has 2 atom stereocenters. The molecule has 0 radical (unpaired) electrons. The van der Waals surface area contributed by atoms with Crippen molar-refractivity contribution in [2.75, 3.05) is 39.4 Å². The lowest BCUT2D eigenvalue weighted by Gasteiger charge is -2.35. The molecule has 7 heteroatoms. The monoisotopic (exact) mass is 350 g/mol. The van der Waals surface area contributed by atoms with Crippen molar-refractivity contribution in [1.82, 2.24) is 20.0 Å². The first kappa shape index (κ1) is 18.3. The fraction of sp³-hybridized carbons (Fsp3) is 0.833. The van der Waals surface area contributed by atoms with Gasteiger partial charge in [-0.2, -0.15) is 0 Å². The fourth-order valence-electron chi connectivity index (χ4n) is 3.64. The van der Waals surface area contributed by atoms with E-state index < -0.39 is 0 Å². The van der Waals surface area contributed by atoms with Crippen LogP contribution < -0.4 is 0 Å². The van der Waals surface area contributed by atoms with E-state index in [0.29, 0.717) is 37.5 Å². The lowest BCUT2D eigenvalue weighted by atomic mass is 10.1. The van der Waals surface area contributed by atoms with E-state index in [0.717, 1.165) is 26.1 Å². The second-order valence-corrected chi connectivity index (χ2v) is 7.89. The molecule has 0 saturated carbocycles. The molecule has 3 heterocycles. The standard InChI is InChI=1S/C18H30N4O3/c1-12(2)9-21-6-5-14(10-21)18(23)22-7-8-24-11-15(22)17-20-19-16(25-17)13(3)4/h12-15H,5-11H2,1-4H3/t14-,15-/m1/s1. The van der Waals surface area contributed by atoms with E-state index in [1.807, 2.05) is 18.7 Å². The summed E-state index contributed by atoms with van der Waals surface area (Å²) in [6.07, 6.45) is 0.927. The van der Waals surface area contributed by atoms with Crippen LogP contribution in [0.25, 0.3) is 0 Å². The van der Waals surface area contributed by atoms with E-state index in [1.165, 1.54) is 0 Å². The molecule has 1 amide bonds. The van der Waals surface area contributed by atoms with Gasteiger partial charge in [-0.3, -0.25) is 4.79 Å². The van der Waals surface area contributed by atoms with Gasteiger partial charge >= 0.3 is 0 Å². The Hall–Kier alpha value is -1.47. The van der Waals surface area contributed by atoms with Gasteiger partial charge in [0.15, 0.2) is 0 Å². The van der Waals surface area contributed by atoms with Gasteiger partial charge in [-0.15, -0.1) is 10.2 Å². The SMILES string of the molecule is CC(C)CN1CC[C@@H](C(=O)N2CCOC[C@@H]2c2nnc(C(C)C)o2)C1. The minimum absolute atomic E-state index is 0.0619. The average Bonchev–Trinajstić information content (AvgIpc) is 3.23. The molecule has 0 spiro atoms. The number of nitrogens with zero attached hydrogens (tertiary/aromatic N) is 4. The summed E-state index contributed by atoms with van der Waals surface area (Å²) in [6, 6.07) is -0.264. The van der Waals surface area contributed by atoms with Crippen molar-refractivity contribution < 1.29 is 13.9 Å². The van der Waals surface area contributed by atoms with E-state index in [2.05, 4.69) is 28.9 Å². The predicted octanol–water partition coefficient (Wildman–Crippen LogP) is 2.07. The number of rotatable bonds is 5. The van der Waals surface area contributed by atoms with Gasteiger partial charge < -0.3 is 19.0 Å². The Morgan fingerprint density at radius 2 is 2.04 bits per heavy atom. The molecule has 0 unspecified atom stereocenters. The van der Waals surface area contributed by atoms with Crippen LogP contribution in [0.3, 0.4) is 0 Å². The molecule has 1 aromatic rings. The van der Waals surface area contributed by atoms with E-state index in [1.54, 1.807) is 0 Å². The summed E-state index contributed by atoms with van der Waals surface area (Å²) in [5, 5.41) is 8.28. The van der Waals surface area contributed by atoms with Crippen LogP contribution in [-0.2, 0) is 9.53 Å². The van der Waals surface area contributed by atoms with Crippen LogP contribution in [0, 0.1) is 11.8 Å². The number of hydrogen-bond acceptors (Lipinski definition) is 6. The molecule has 25 heavy (non-hydrogen) atoms. The number of carbonyl (C=O) groups excluding carboxylic acids is 1. The zero-order valence-electron chi connectivity index (χ0n) is 15.8. The number of amides is 1. The van der Waals surface area contributed by atoms with E-state index >= 15 is 0 Å². The molecular formula is C18H30N4O3. The summed E-state index contributed by atoms with van der Waals surface area (Å²) < 4.78 is 11.4. The average molecular weight is 350 g/mol. The Morgan fingerprint density at radius 1 is 1.24 bits per heavy atom. The minimum atomic E-state index is -0.264. The molecule has 2 aliphatic heterocycles. The first-order valence-corrected chi connectivity index (χ1v) is 9.39. The van der Waals surface area contributed by atoms with Gasteiger partial charge in [-0.1, -0.05) is 27.7 Å². The van der Waals surface area contributed by atoms with E-state index in [4.69, 9.17) is 9.15 Å². The van der Waals surface area contributed by atoms with Crippen molar-refractivity contribution in [3.05, 3.63) is 11.8 Å². The summed E-state index contributed by atoms with van der Waals surface area (Å²) in [7, 11) is 0. The molecule has 140 valence electrons. The van der Waals surface area contributed by atoms with Gasteiger partial charge in [0.05, 0.1) is 19.1 Å². The van der Waals surface area contributed by atoms with Gasteiger partial charge in [-0.05, 0) is 18.9 Å². The number of morpholine rings is 1. The summed E-state index contributed by atoms with van der Waals surface area (Å²) in [4.78, 5) is 17.4. The quantitative estimate of drug-likeness (QED) is 0.809. The van der Waals surface area contributed by atoms with Crippen LogP contribution in [0.15, 0.2) is 4.42 Å². The summed E-state index contributed by atoms with van der Waals surface area (Å²) in [5.41, 5.74) is 0. The van der Waals surface area contributed by atoms with Crippen LogP contribution in [0.1, 0.15) is 57.9 Å². The summed E-state index contributed by atoms with van der Waals surface area (Å²) in [5.74, 6) is 2.16. The van der Waals surface area contributed by atoms with Gasteiger partial charge in [0.1, 0.15) is 6.04 Å². The number of likely N-dealkylation sites (tertiary alicyclic amines) is 1. The van der Waals surface area contributed by atoms with Crippen molar-refractivity contribution in [3.63, 3.8) is 0 Å². The zero-order valence-corrected chi connectivity index (χ0v) is 15.8. The Labute approximate surface area is 149 Å². The molecule has 2 saturated heterocycles. The van der Waals surface area contributed by atoms with Crippen LogP contribution in [0.4, 0.5) is 0 Å². The highest BCUT2D eigenvalue weighted by molar-refractivity contribution is 5.80. The molecule has 2 fully saturated rings. The second kappa shape index (κ2) is 7.83. The molecule has 2 aliphatic rings. The molecule has 7 nitrogen and oxygen atoms in total. The maximum Gasteiger partial charge on any atom is 0.241 e. The smallest absolute Gasteiger partial charge is 0.241 e. The largest absolute Gasteiger partial charge is 0.423 e. The van der Waals surface area contributed by atoms with Gasteiger partial charge in [0.2, 0.25) is 17.7 Å². The maximum absolute atomic E-state index is 13.1. The zero-order chi connectivity index (χ0) is 18.0. The maximum atomic E-state index is 13.1. The minimum Gasteiger partial charge on any atom is -0.423 e. The van der Waals surface area contributed by atoms with Crippen molar-refractivity contribution in [3.8, 4) is 0 Å². The number of ether oxygens (including phenoxy) is 1. The topological polar surface area (TPSA) is 71.7 Å². The van der Waals surface area contributed by atoms with Crippen molar-refractivity contribution in [1.29, 1.82) is 0 Å². The number of carbonyl (C=O) groups is 1. The van der Waals surface area contributed by atoms with Crippen LogP contribution in [-0.4, -0.2) is 65.3 Å². The number of aromatic nitrogens is 2. The van der Waals surface area contributed by atoms with Crippen LogP contribution in [0.2, 0.25) is 0 Å². The second-order valence-electron chi connectivity index (χ2n) is 7.89. The Balaban J connectivity index is 1.69. The highest BCUT2D eigenvalue weighted by Crippen LogP contribution is 2.29. The first-order chi connectivity index (χ1) is 12.0. The van der Waals surface area contributed by atoms with Crippen LogP contribution in [0.5, 0.6) is 0 Å². The summed E-state index contributed by atoms with van der Waals surface area (Å²) >= 11 is 0. The molecule has 0 aliphatic carbocycles. The predicted molar refractivity (Wildman–Crippen MR) is 93.0 cm³/mol.